The second-order valence-corrected chi connectivity index (χ2v) is 5.11. The number of hydrogen-bond acceptors (Lipinski definition) is 3. The van der Waals surface area contributed by atoms with Gasteiger partial charge in [-0.2, -0.15) is 5.10 Å². The molecule has 1 aromatic heterocycles. The van der Waals surface area contributed by atoms with Crippen molar-refractivity contribution < 1.29 is 4.79 Å². The van der Waals surface area contributed by atoms with Crippen LogP contribution in [0.5, 0.6) is 0 Å². The number of aryl methyl sites for hydroxylation is 2. The van der Waals surface area contributed by atoms with E-state index in [9.17, 15) is 4.79 Å². The van der Waals surface area contributed by atoms with Gasteiger partial charge in [0.2, 0.25) is 5.91 Å². The van der Waals surface area contributed by atoms with Crippen LogP contribution in [0.25, 0.3) is 5.69 Å². The predicted octanol–water partition coefficient (Wildman–Crippen LogP) is 2.08. The smallest absolute Gasteiger partial charge is 0.239 e. The van der Waals surface area contributed by atoms with Crippen LogP contribution in [-0.4, -0.2) is 21.7 Å². The van der Waals surface area contributed by atoms with E-state index in [0.717, 1.165) is 22.6 Å². The molecule has 0 bridgehead atoms. The van der Waals surface area contributed by atoms with Crippen molar-refractivity contribution in [2.75, 3.05) is 5.32 Å². The molecule has 0 aliphatic rings. The summed E-state index contributed by atoms with van der Waals surface area (Å²) in [5, 5.41) is 7.48. The van der Waals surface area contributed by atoms with E-state index in [1.165, 1.54) is 5.56 Å². The molecule has 0 spiro atoms. The van der Waals surface area contributed by atoms with Crippen LogP contribution < -0.4 is 11.1 Å². The van der Waals surface area contributed by atoms with Gasteiger partial charge in [0, 0.05) is 0 Å². The van der Waals surface area contributed by atoms with Crippen molar-refractivity contribution in [3.05, 3.63) is 41.2 Å². The lowest BCUT2D eigenvalue weighted by Gasteiger charge is -2.12. The molecule has 5 heteroatoms. The number of amides is 1. The Balaban J connectivity index is 2.38. The topological polar surface area (TPSA) is 72.9 Å². The van der Waals surface area contributed by atoms with E-state index in [1.54, 1.807) is 13.1 Å². The highest BCUT2D eigenvalue weighted by molar-refractivity contribution is 5.82. The molecule has 2 rings (SSSR count). The number of aromatic nitrogens is 2. The Hall–Kier alpha value is -2.30. The molecule has 0 saturated carbocycles. The molecule has 2 aromatic rings. The van der Waals surface area contributed by atoms with E-state index >= 15 is 0 Å². The Bertz CT molecular complexity index is 645. The Labute approximate surface area is 118 Å². The zero-order chi connectivity index (χ0) is 14.9. The first-order valence-corrected chi connectivity index (χ1v) is 6.58. The minimum Gasteiger partial charge on any atom is -0.371 e. The van der Waals surface area contributed by atoms with Gasteiger partial charge in [-0.3, -0.25) is 4.79 Å². The first-order chi connectivity index (χ1) is 9.40. The molecule has 5 nitrogen and oxygen atoms in total. The van der Waals surface area contributed by atoms with E-state index in [2.05, 4.69) is 42.5 Å². The number of nitrogens with one attached hydrogen (secondary N) is 1. The normalized spacial score (nSPS) is 12.2. The zero-order valence-electron chi connectivity index (χ0n) is 12.3. The number of hydrogen-bond donors (Lipinski definition) is 2. The summed E-state index contributed by atoms with van der Waals surface area (Å²) in [5.74, 6) is -0.385. The maximum atomic E-state index is 11.1. The van der Waals surface area contributed by atoms with Gasteiger partial charge >= 0.3 is 0 Å². The predicted molar refractivity (Wildman–Crippen MR) is 80.1 cm³/mol. The lowest BCUT2D eigenvalue weighted by atomic mass is 10.1. The monoisotopic (exact) mass is 272 g/mol. The van der Waals surface area contributed by atoms with Gasteiger partial charge in [-0.1, -0.05) is 12.1 Å². The van der Waals surface area contributed by atoms with Crippen molar-refractivity contribution in [3.63, 3.8) is 0 Å². The molecule has 20 heavy (non-hydrogen) atoms. The fourth-order valence-electron chi connectivity index (χ4n) is 2.05. The summed E-state index contributed by atoms with van der Waals surface area (Å²) in [6, 6.07) is 5.82. The highest BCUT2D eigenvalue weighted by atomic mass is 16.1. The van der Waals surface area contributed by atoms with Crippen molar-refractivity contribution >= 4 is 11.6 Å². The van der Waals surface area contributed by atoms with Crippen molar-refractivity contribution in [3.8, 4) is 5.69 Å². The molecule has 1 heterocycles. The van der Waals surface area contributed by atoms with E-state index in [0.29, 0.717) is 0 Å². The lowest BCUT2D eigenvalue weighted by molar-refractivity contribution is -0.118. The summed E-state index contributed by atoms with van der Waals surface area (Å²) in [6.07, 6.45) is 1.72. The van der Waals surface area contributed by atoms with Crippen molar-refractivity contribution in [2.24, 2.45) is 5.73 Å². The average molecular weight is 272 g/mol. The van der Waals surface area contributed by atoms with E-state index in [1.807, 2.05) is 11.6 Å². The molecule has 0 aliphatic carbocycles. The van der Waals surface area contributed by atoms with Gasteiger partial charge in [0.25, 0.3) is 0 Å². The molecule has 1 atom stereocenters. The number of nitrogens with zero attached hydrogens (tertiary/aromatic N) is 2. The van der Waals surface area contributed by atoms with Crippen LogP contribution in [0, 0.1) is 20.8 Å². The molecule has 3 N–H and O–H groups in total. The van der Waals surface area contributed by atoms with Crippen LogP contribution in [0.3, 0.4) is 0 Å². The number of benzene rings is 1. The van der Waals surface area contributed by atoms with Crippen LogP contribution in [-0.2, 0) is 4.79 Å². The van der Waals surface area contributed by atoms with E-state index in [-0.39, 0.29) is 5.91 Å². The fourth-order valence-corrected chi connectivity index (χ4v) is 2.05. The summed E-state index contributed by atoms with van der Waals surface area (Å²) in [4.78, 5) is 11.1. The third kappa shape index (κ3) is 2.66. The van der Waals surface area contributed by atoms with E-state index in [4.69, 9.17) is 5.73 Å². The summed E-state index contributed by atoms with van der Waals surface area (Å²) < 4.78 is 1.87. The second kappa shape index (κ2) is 5.36. The quantitative estimate of drug-likeness (QED) is 0.895. The van der Waals surface area contributed by atoms with Gasteiger partial charge < -0.3 is 11.1 Å². The largest absolute Gasteiger partial charge is 0.371 e. The number of primary amides is 1. The molecule has 1 amide bonds. The van der Waals surface area contributed by atoms with Crippen LogP contribution in [0.1, 0.15) is 23.7 Å². The van der Waals surface area contributed by atoms with E-state index < -0.39 is 6.04 Å². The zero-order valence-corrected chi connectivity index (χ0v) is 12.3. The Morgan fingerprint density at radius 2 is 2.05 bits per heavy atom. The van der Waals surface area contributed by atoms with Gasteiger partial charge in [-0.25, -0.2) is 4.68 Å². The maximum absolute atomic E-state index is 11.1. The molecular formula is C15H20N4O. The maximum Gasteiger partial charge on any atom is 0.239 e. The molecule has 0 aliphatic heterocycles. The standard InChI is InChI=1S/C15H20N4O/c1-9-5-6-10(2)14(7-9)19-12(4)13(8-17-19)18-11(3)15(16)20/h5-8,11,18H,1-4H3,(H2,16,20)/t11-/m0/s1. The lowest BCUT2D eigenvalue weighted by Crippen LogP contribution is -2.32. The van der Waals surface area contributed by atoms with Gasteiger partial charge in [0.15, 0.2) is 0 Å². The SMILES string of the molecule is Cc1ccc(C)c(-n2ncc(N[C@@H](C)C(N)=O)c2C)c1. The van der Waals surface area contributed by atoms with Crippen molar-refractivity contribution in [2.45, 2.75) is 33.7 Å². The summed E-state index contributed by atoms with van der Waals surface area (Å²) in [5.41, 5.74) is 10.4. The molecule has 0 fully saturated rings. The third-order valence-corrected chi connectivity index (χ3v) is 3.40. The Kier molecular flexibility index (Phi) is 3.79. The molecule has 0 saturated heterocycles. The second-order valence-electron chi connectivity index (χ2n) is 5.11. The number of carbonyl (C=O) groups excluding carboxylic acids is 1. The minimum absolute atomic E-state index is 0.385. The van der Waals surface area contributed by atoms with Crippen LogP contribution in [0.2, 0.25) is 0 Å². The van der Waals surface area contributed by atoms with Gasteiger partial charge in [-0.05, 0) is 44.9 Å². The summed E-state index contributed by atoms with van der Waals surface area (Å²) in [6.45, 7) is 7.80. The van der Waals surface area contributed by atoms with Crippen LogP contribution >= 0.6 is 0 Å². The highest BCUT2D eigenvalue weighted by Crippen LogP contribution is 2.22. The summed E-state index contributed by atoms with van der Waals surface area (Å²) >= 11 is 0. The number of nitrogens with two attached hydrogens (primary N) is 1. The number of anilines is 1. The molecular weight excluding hydrogens is 252 g/mol. The van der Waals surface area contributed by atoms with Gasteiger partial charge in [0.1, 0.15) is 6.04 Å². The molecule has 106 valence electrons. The number of carbonyl (C=O) groups is 1. The molecule has 0 unspecified atom stereocenters. The number of rotatable bonds is 4. The average Bonchev–Trinajstić information content (AvgIpc) is 2.74. The van der Waals surface area contributed by atoms with Gasteiger partial charge in [0.05, 0.1) is 23.3 Å². The minimum atomic E-state index is -0.426. The third-order valence-electron chi connectivity index (χ3n) is 3.40. The van der Waals surface area contributed by atoms with Crippen LogP contribution in [0.15, 0.2) is 24.4 Å². The first kappa shape index (κ1) is 14.1. The van der Waals surface area contributed by atoms with Crippen molar-refractivity contribution in [1.29, 1.82) is 0 Å². The summed E-state index contributed by atoms with van der Waals surface area (Å²) in [7, 11) is 0. The Morgan fingerprint density at radius 1 is 1.35 bits per heavy atom. The molecule has 0 radical (unpaired) electrons. The molecule has 1 aromatic carbocycles. The van der Waals surface area contributed by atoms with Crippen molar-refractivity contribution in [1.82, 2.24) is 9.78 Å². The Morgan fingerprint density at radius 3 is 2.70 bits per heavy atom. The van der Waals surface area contributed by atoms with Crippen LogP contribution in [0.4, 0.5) is 5.69 Å². The first-order valence-electron chi connectivity index (χ1n) is 6.58. The fraction of sp³-hybridized carbons (Fsp3) is 0.333. The highest BCUT2D eigenvalue weighted by Gasteiger charge is 2.14. The van der Waals surface area contributed by atoms with Gasteiger partial charge in [-0.15, -0.1) is 0 Å².